The van der Waals surface area contributed by atoms with E-state index in [9.17, 15) is 4.79 Å². The number of nitrogens with one attached hydrogen (secondary N) is 1. The first-order valence-corrected chi connectivity index (χ1v) is 11.4. The molecule has 0 saturated carbocycles. The fourth-order valence-electron chi connectivity index (χ4n) is 4.37. The van der Waals surface area contributed by atoms with Gasteiger partial charge in [-0.3, -0.25) is 9.89 Å². The van der Waals surface area contributed by atoms with Gasteiger partial charge in [-0.25, -0.2) is 0 Å². The highest BCUT2D eigenvalue weighted by Gasteiger charge is 2.42. The summed E-state index contributed by atoms with van der Waals surface area (Å²) in [5.41, 5.74) is 6.32. The Morgan fingerprint density at radius 3 is 2.55 bits per heavy atom. The predicted molar refractivity (Wildman–Crippen MR) is 130 cm³/mol. The van der Waals surface area contributed by atoms with Crippen molar-refractivity contribution in [3.63, 3.8) is 0 Å². The third-order valence-electron chi connectivity index (χ3n) is 5.94. The number of fused-ring (bicyclic) bond motifs is 1. The van der Waals surface area contributed by atoms with E-state index in [1.54, 1.807) is 0 Å². The van der Waals surface area contributed by atoms with Gasteiger partial charge in [0.15, 0.2) is 0 Å². The summed E-state index contributed by atoms with van der Waals surface area (Å²) in [6.07, 6.45) is 0. The highest BCUT2D eigenvalue weighted by Crippen LogP contribution is 2.44. The van der Waals surface area contributed by atoms with Gasteiger partial charge in [0.05, 0.1) is 18.3 Å². The van der Waals surface area contributed by atoms with E-state index in [4.69, 9.17) is 16.3 Å². The zero-order valence-electron chi connectivity index (χ0n) is 18.5. The van der Waals surface area contributed by atoms with Gasteiger partial charge >= 0.3 is 0 Å². The molecule has 33 heavy (non-hydrogen) atoms. The molecule has 1 unspecified atom stereocenters. The normalized spacial score (nSPS) is 15.1. The van der Waals surface area contributed by atoms with Crippen molar-refractivity contribution < 1.29 is 9.53 Å². The van der Waals surface area contributed by atoms with Gasteiger partial charge in [-0.15, -0.1) is 0 Å². The number of amides is 1. The summed E-state index contributed by atoms with van der Waals surface area (Å²) in [6.45, 7) is 5.09. The van der Waals surface area contributed by atoms with Gasteiger partial charge in [0.2, 0.25) is 0 Å². The molecule has 1 aliphatic heterocycles. The largest absolute Gasteiger partial charge is 0.494 e. The summed E-state index contributed by atoms with van der Waals surface area (Å²) >= 11 is 6.11. The average Bonchev–Trinajstić information content (AvgIpc) is 3.36. The Balaban J connectivity index is 1.63. The number of nitrogens with zero attached hydrogens (tertiary/aromatic N) is 2. The van der Waals surface area contributed by atoms with E-state index < -0.39 is 0 Å². The zero-order chi connectivity index (χ0) is 22.9. The topological polar surface area (TPSA) is 58.2 Å². The fraction of sp³-hybridized carbons (Fsp3) is 0.185. The summed E-state index contributed by atoms with van der Waals surface area (Å²) < 4.78 is 5.76. The van der Waals surface area contributed by atoms with E-state index in [-0.39, 0.29) is 11.9 Å². The number of aryl methyl sites for hydroxylation is 1. The van der Waals surface area contributed by atoms with Crippen molar-refractivity contribution in [2.24, 2.45) is 0 Å². The third-order valence-corrected chi connectivity index (χ3v) is 6.19. The quantitative estimate of drug-likeness (QED) is 0.376. The first-order chi connectivity index (χ1) is 16.0. The number of H-pyrrole nitrogens is 1. The molecular weight excluding hydrogens is 434 g/mol. The number of aromatic amines is 1. The standard InChI is InChI=1S/C27H24ClN3O2/c1-3-33-22-6-4-5-20(15-22)26-23-24(19-11-13-21(28)14-12-19)29-30-25(23)27(32)31(26)16-18-9-7-17(2)8-10-18/h4-15,26H,3,16H2,1-2H3,(H,29,30). The summed E-state index contributed by atoms with van der Waals surface area (Å²) in [5, 5.41) is 8.19. The lowest BCUT2D eigenvalue weighted by Gasteiger charge is -2.27. The Labute approximate surface area is 198 Å². The Kier molecular flexibility index (Phi) is 5.65. The lowest BCUT2D eigenvalue weighted by Crippen LogP contribution is -2.29. The minimum absolute atomic E-state index is 0.0647. The van der Waals surface area contributed by atoms with Crippen LogP contribution in [0.5, 0.6) is 5.75 Å². The van der Waals surface area contributed by atoms with Gasteiger partial charge in [-0.2, -0.15) is 5.10 Å². The molecule has 0 fully saturated rings. The van der Waals surface area contributed by atoms with Crippen LogP contribution in [0.15, 0.2) is 72.8 Å². The van der Waals surface area contributed by atoms with Crippen LogP contribution in [0.2, 0.25) is 5.02 Å². The van der Waals surface area contributed by atoms with Crippen molar-refractivity contribution in [1.82, 2.24) is 15.1 Å². The monoisotopic (exact) mass is 457 g/mol. The van der Waals surface area contributed by atoms with E-state index in [2.05, 4.69) is 41.4 Å². The molecule has 5 rings (SSSR count). The molecule has 3 aromatic carbocycles. The molecule has 1 atom stereocenters. The van der Waals surface area contributed by atoms with Gasteiger partial charge < -0.3 is 9.64 Å². The van der Waals surface area contributed by atoms with E-state index in [1.807, 2.05) is 60.4 Å². The number of halogens is 1. The van der Waals surface area contributed by atoms with E-state index in [1.165, 1.54) is 5.56 Å². The van der Waals surface area contributed by atoms with Crippen LogP contribution in [-0.4, -0.2) is 27.6 Å². The van der Waals surface area contributed by atoms with Gasteiger partial charge in [0, 0.05) is 22.7 Å². The van der Waals surface area contributed by atoms with Crippen LogP contribution in [0.4, 0.5) is 0 Å². The number of carbonyl (C=O) groups is 1. The molecule has 0 radical (unpaired) electrons. The molecule has 5 nitrogen and oxygen atoms in total. The highest BCUT2D eigenvalue weighted by molar-refractivity contribution is 6.30. The van der Waals surface area contributed by atoms with Crippen LogP contribution in [-0.2, 0) is 6.54 Å². The van der Waals surface area contributed by atoms with Gasteiger partial charge in [0.1, 0.15) is 11.4 Å². The zero-order valence-corrected chi connectivity index (χ0v) is 19.3. The van der Waals surface area contributed by atoms with E-state index in [0.29, 0.717) is 23.9 Å². The maximum Gasteiger partial charge on any atom is 0.273 e. The predicted octanol–water partition coefficient (Wildman–Crippen LogP) is 6.18. The maximum absolute atomic E-state index is 13.6. The molecule has 166 valence electrons. The molecule has 1 amide bonds. The van der Waals surface area contributed by atoms with Crippen molar-refractivity contribution in [2.45, 2.75) is 26.4 Å². The first kappa shape index (κ1) is 21.3. The molecule has 0 spiro atoms. The van der Waals surface area contributed by atoms with E-state index in [0.717, 1.165) is 33.7 Å². The maximum atomic E-state index is 13.6. The highest BCUT2D eigenvalue weighted by atomic mass is 35.5. The van der Waals surface area contributed by atoms with Gasteiger partial charge in [-0.1, -0.05) is 65.7 Å². The molecule has 0 saturated heterocycles. The summed E-state index contributed by atoms with van der Waals surface area (Å²) in [6, 6.07) is 23.5. The minimum atomic E-state index is -0.293. The van der Waals surface area contributed by atoms with Crippen LogP contribution in [0, 0.1) is 6.92 Å². The smallest absolute Gasteiger partial charge is 0.273 e. The van der Waals surface area contributed by atoms with Crippen LogP contribution >= 0.6 is 11.6 Å². The number of rotatable bonds is 6. The van der Waals surface area contributed by atoms with Crippen molar-refractivity contribution in [3.05, 3.63) is 106 Å². The molecule has 1 aromatic heterocycles. The lowest BCUT2D eigenvalue weighted by molar-refractivity contribution is 0.0730. The van der Waals surface area contributed by atoms with Gasteiger partial charge in [-0.05, 0) is 49.2 Å². The van der Waals surface area contributed by atoms with Crippen LogP contribution in [0.1, 0.15) is 45.7 Å². The summed E-state index contributed by atoms with van der Waals surface area (Å²) in [4.78, 5) is 15.5. The number of ether oxygens (including phenoxy) is 1. The number of hydrogen-bond donors (Lipinski definition) is 1. The molecule has 2 heterocycles. The Bertz CT molecular complexity index is 1300. The summed E-state index contributed by atoms with van der Waals surface area (Å²) in [7, 11) is 0. The molecule has 6 heteroatoms. The molecular formula is C27H24ClN3O2. The first-order valence-electron chi connectivity index (χ1n) is 11.0. The Hall–Kier alpha value is -3.57. The van der Waals surface area contributed by atoms with Crippen LogP contribution in [0.25, 0.3) is 11.3 Å². The third kappa shape index (κ3) is 4.00. The van der Waals surface area contributed by atoms with Crippen molar-refractivity contribution >= 4 is 17.5 Å². The number of carbonyl (C=O) groups excluding carboxylic acids is 1. The molecule has 1 aliphatic rings. The Morgan fingerprint density at radius 1 is 1.06 bits per heavy atom. The number of hydrogen-bond acceptors (Lipinski definition) is 3. The SMILES string of the molecule is CCOc1cccc(C2c3c(-c4ccc(Cl)cc4)n[nH]c3C(=O)N2Cc2ccc(C)cc2)c1. The fourth-order valence-corrected chi connectivity index (χ4v) is 4.49. The molecule has 4 aromatic rings. The van der Waals surface area contributed by atoms with Crippen molar-refractivity contribution in [2.75, 3.05) is 6.61 Å². The second kappa shape index (κ2) is 8.75. The summed E-state index contributed by atoms with van der Waals surface area (Å²) in [5.74, 6) is 0.716. The Morgan fingerprint density at radius 2 is 1.82 bits per heavy atom. The van der Waals surface area contributed by atoms with E-state index >= 15 is 0 Å². The number of aromatic nitrogens is 2. The lowest BCUT2D eigenvalue weighted by atomic mass is 9.95. The molecule has 1 N–H and O–H groups in total. The van der Waals surface area contributed by atoms with Crippen LogP contribution in [0.3, 0.4) is 0 Å². The van der Waals surface area contributed by atoms with Crippen molar-refractivity contribution in [1.29, 1.82) is 0 Å². The second-order valence-corrected chi connectivity index (χ2v) is 8.63. The molecule has 0 bridgehead atoms. The van der Waals surface area contributed by atoms with Crippen LogP contribution < -0.4 is 4.74 Å². The van der Waals surface area contributed by atoms with Gasteiger partial charge in [0.25, 0.3) is 5.91 Å². The minimum Gasteiger partial charge on any atom is -0.494 e. The second-order valence-electron chi connectivity index (χ2n) is 8.19. The average molecular weight is 458 g/mol. The molecule has 0 aliphatic carbocycles. The number of benzene rings is 3. The van der Waals surface area contributed by atoms with Crippen molar-refractivity contribution in [3.8, 4) is 17.0 Å².